The third-order valence-corrected chi connectivity index (χ3v) is 7.20. The van der Waals surface area contributed by atoms with E-state index in [4.69, 9.17) is 0 Å². The fourth-order valence-corrected chi connectivity index (χ4v) is 6.16. The van der Waals surface area contributed by atoms with Gasteiger partial charge in [-0.15, -0.1) is 0 Å². The van der Waals surface area contributed by atoms with Crippen molar-refractivity contribution in [3.8, 4) is 5.69 Å². The molecule has 0 unspecified atom stereocenters. The molecule has 0 saturated heterocycles. The van der Waals surface area contributed by atoms with E-state index in [0.29, 0.717) is 11.6 Å². The normalized spacial score (nSPS) is 33.5. The van der Waals surface area contributed by atoms with Crippen molar-refractivity contribution in [1.82, 2.24) is 13.9 Å². The Kier molecular flexibility index (Phi) is 2.57. The van der Waals surface area contributed by atoms with Crippen LogP contribution >= 0.6 is 0 Å². The van der Waals surface area contributed by atoms with Crippen LogP contribution in [0.3, 0.4) is 0 Å². The van der Waals surface area contributed by atoms with Crippen molar-refractivity contribution in [1.29, 1.82) is 0 Å². The molecule has 0 N–H and O–H groups in total. The highest BCUT2D eigenvalue weighted by atomic mass is 16.2. The lowest BCUT2D eigenvalue weighted by Crippen LogP contribution is -2.60. The number of rotatable bonds is 1. The van der Waals surface area contributed by atoms with Gasteiger partial charge in [0.05, 0.1) is 17.8 Å². The van der Waals surface area contributed by atoms with Gasteiger partial charge in [-0.2, -0.15) is 0 Å². The van der Waals surface area contributed by atoms with Crippen LogP contribution in [-0.2, 0) is 0 Å². The molecule has 5 aliphatic rings. The number of benzene rings is 1. The van der Waals surface area contributed by atoms with E-state index in [9.17, 15) is 9.59 Å². The van der Waals surface area contributed by atoms with E-state index in [1.165, 1.54) is 17.4 Å². The quantitative estimate of drug-likeness (QED) is 0.745. The molecule has 0 radical (unpaired) electrons. The van der Waals surface area contributed by atoms with Crippen molar-refractivity contribution in [2.45, 2.75) is 44.7 Å². The van der Waals surface area contributed by atoms with Crippen LogP contribution < -0.4 is 11.4 Å². The standard InChI is InChI=1S/C21H21N3O2/c1-21-15-10-6-5-9-14(15)18(21)16-11-12-17(21)24-20(26)22(19(25)23(16)24)13-7-3-2-4-8-13/h2-4,7-8,11-12,16-18H,5-6,9-10H2,1H3/t16-,17-,18+,21+/m1/s1. The molecule has 4 atom stereocenters. The number of para-hydroxylation sites is 1. The summed E-state index contributed by atoms with van der Waals surface area (Å²) in [5, 5.41) is 0. The lowest BCUT2D eigenvalue weighted by molar-refractivity contribution is 0.0188. The van der Waals surface area contributed by atoms with E-state index in [2.05, 4.69) is 19.1 Å². The number of allylic oxidation sites excluding steroid dienone is 4. The average Bonchev–Trinajstić information content (AvgIpc) is 2.94. The second kappa shape index (κ2) is 4.58. The van der Waals surface area contributed by atoms with Gasteiger partial charge in [0, 0.05) is 11.3 Å². The molecule has 0 amide bonds. The summed E-state index contributed by atoms with van der Waals surface area (Å²) in [7, 11) is 0. The minimum atomic E-state index is -0.218. The molecule has 5 heteroatoms. The predicted molar refractivity (Wildman–Crippen MR) is 98.6 cm³/mol. The van der Waals surface area contributed by atoms with Crippen molar-refractivity contribution >= 4 is 0 Å². The van der Waals surface area contributed by atoms with E-state index in [1.54, 1.807) is 20.5 Å². The molecule has 5 nitrogen and oxygen atoms in total. The summed E-state index contributed by atoms with van der Waals surface area (Å²) in [5.41, 5.74) is 3.33. The summed E-state index contributed by atoms with van der Waals surface area (Å²) in [5.74, 6) is 0.372. The van der Waals surface area contributed by atoms with E-state index < -0.39 is 0 Å². The zero-order chi connectivity index (χ0) is 17.6. The SMILES string of the molecule is C[C@@]12C3=C(CCCC3)[C@H]1[C@H]1C=C[C@H]2n2c(=O)n(-c3ccccc3)c(=O)n21. The van der Waals surface area contributed by atoms with Crippen LogP contribution in [0.2, 0.25) is 0 Å². The topological polar surface area (TPSA) is 48.9 Å². The van der Waals surface area contributed by atoms with Gasteiger partial charge < -0.3 is 0 Å². The maximum absolute atomic E-state index is 13.3. The lowest BCUT2D eigenvalue weighted by Gasteiger charge is -2.63. The van der Waals surface area contributed by atoms with E-state index in [1.807, 2.05) is 30.3 Å². The zero-order valence-corrected chi connectivity index (χ0v) is 14.8. The second-order valence-electron chi connectivity index (χ2n) is 8.22. The first kappa shape index (κ1) is 14.6. The van der Waals surface area contributed by atoms with Crippen molar-refractivity contribution < 1.29 is 0 Å². The van der Waals surface area contributed by atoms with Gasteiger partial charge in [-0.3, -0.25) is 0 Å². The van der Waals surface area contributed by atoms with Crippen LogP contribution in [0.25, 0.3) is 5.69 Å². The van der Waals surface area contributed by atoms with E-state index >= 15 is 0 Å². The first-order valence-electron chi connectivity index (χ1n) is 9.56. The summed E-state index contributed by atoms with van der Waals surface area (Å²) < 4.78 is 4.79. The smallest absolute Gasteiger partial charge is 0.245 e. The predicted octanol–water partition coefficient (Wildman–Crippen LogP) is 2.97. The molecule has 2 aromatic rings. The molecule has 1 aromatic heterocycles. The van der Waals surface area contributed by atoms with Crippen LogP contribution in [0.15, 0.2) is 63.2 Å². The Morgan fingerprint density at radius 1 is 0.962 bits per heavy atom. The second-order valence-corrected chi connectivity index (χ2v) is 8.22. The fourth-order valence-electron chi connectivity index (χ4n) is 6.16. The molecule has 0 saturated carbocycles. The first-order valence-corrected chi connectivity index (χ1v) is 9.56. The third-order valence-electron chi connectivity index (χ3n) is 7.20. The Morgan fingerprint density at radius 2 is 1.69 bits per heavy atom. The Labute approximate surface area is 150 Å². The van der Waals surface area contributed by atoms with Gasteiger partial charge in [0.25, 0.3) is 0 Å². The maximum Gasteiger partial charge on any atom is 0.352 e. The summed E-state index contributed by atoms with van der Waals surface area (Å²) in [6, 6.07) is 9.18. The van der Waals surface area contributed by atoms with E-state index in [0.717, 1.165) is 12.8 Å². The van der Waals surface area contributed by atoms with Gasteiger partial charge in [-0.1, -0.05) is 48.4 Å². The molecule has 7 rings (SSSR count). The van der Waals surface area contributed by atoms with Gasteiger partial charge in [-0.05, 0) is 37.8 Å². The van der Waals surface area contributed by atoms with Crippen molar-refractivity contribution in [3.63, 3.8) is 0 Å². The molecule has 1 aromatic carbocycles. The summed E-state index contributed by atoms with van der Waals surface area (Å²) in [4.78, 5) is 26.5. The van der Waals surface area contributed by atoms with Crippen LogP contribution in [0.1, 0.15) is 44.7 Å². The summed E-state index contributed by atoms with van der Waals surface area (Å²) >= 11 is 0. The Balaban J connectivity index is 1.61. The highest BCUT2D eigenvalue weighted by Gasteiger charge is 2.63. The Morgan fingerprint density at radius 3 is 2.50 bits per heavy atom. The molecular formula is C21H21N3O2. The monoisotopic (exact) mass is 347 g/mol. The van der Waals surface area contributed by atoms with Crippen molar-refractivity contribution in [3.05, 3.63) is 74.6 Å². The lowest BCUT2D eigenvalue weighted by atomic mass is 9.46. The minimum Gasteiger partial charge on any atom is -0.245 e. The van der Waals surface area contributed by atoms with Crippen molar-refractivity contribution in [2.24, 2.45) is 11.3 Å². The molecule has 2 aliphatic heterocycles. The van der Waals surface area contributed by atoms with Gasteiger partial charge in [-0.25, -0.2) is 23.5 Å². The van der Waals surface area contributed by atoms with Gasteiger partial charge >= 0.3 is 11.4 Å². The Hall–Kier alpha value is -2.56. The Bertz CT molecular complexity index is 1110. The molecule has 2 bridgehead atoms. The molecular weight excluding hydrogens is 326 g/mol. The number of aromatic nitrogens is 3. The van der Waals surface area contributed by atoms with Crippen LogP contribution in [0, 0.1) is 11.3 Å². The molecule has 3 aliphatic carbocycles. The number of nitrogens with zero attached hydrogens (tertiary/aromatic N) is 3. The first-order chi connectivity index (χ1) is 12.6. The van der Waals surface area contributed by atoms with Gasteiger partial charge in [0.1, 0.15) is 0 Å². The van der Waals surface area contributed by atoms with Crippen LogP contribution in [0.4, 0.5) is 0 Å². The molecule has 0 fully saturated rings. The molecule has 26 heavy (non-hydrogen) atoms. The number of hydrogen-bond donors (Lipinski definition) is 0. The molecule has 0 spiro atoms. The highest BCUT2D eigenvalue weighted by Crippen LogP contribution is 2.68. The largest absolute Gasteiger partial charge is 0.352 e. The van der Waals surface area contributed by atoms with Crippen LogP contribution in [-0.4, -0.2) is 13.9 Å². The van der Waals surface area contributed by atoms with Crippen LogP contribution in [0.5, 0.6) is 0 Å². The minimum absolute atomic E-state index is 0.00565. The average molecular weight is 347 g/mol. The summed E-state index contributed by atoms with van der Waals surface area (Å²) in [6.45, 7) is 2.31. The van der Waals surface area contributed by atoms with Gasteiger partial charge in [0.15, 0.2) is 0 Å². The third kappa shape index (κ3) is 1.42. The van der Waals surface area contributed by atoms with Gasteiger partial charge in [0.2, 0.25) is 0 Å². The van der Waals surface area contributed by atoms with Crippen molar-refractivity contribution in [2.75, 3.05) is 0 Å². The number of hydrogen-bond acceptors (Lipinski definition) is 2. The maximum atomic E-state index is 13.3. The summed E-state index contributed by atoms with van der Waals surface area (Å²) in [6.07, 6.45) is 9.12. The highest BCUT2D eigenvalue weighted by molar-refractivity contribution is 5.47. The molecule has 3 heterocycles. The molecule has 132 valence electrons. The fraction of sp³-hybridized carbons (Fsp3) is 0.429. The van der Waals surface area contributed by atoms with E-state index in [-0.39, 0.29) is 28.9 Å². The zero-order valence-electron chi connectivity index (χ0n) is 14.8.